The van der Waals surface area contributed by atoms with Gasteiger partial charge in [0.1, 0.15) is 5.82 Å². The molecule has 1 heterocycles. The third-order valence-electron chi connectivity index (χ3n) is 4.03. The Morgan fingerprint density at radius 1 is 1.50 bits per heavy atom. The molecule has 20 heavy (non-hydrogen) atoms. The molecule has 0 unspecified atom stereocenters. The monoisotopic (exact) mass is 280 g/mol. The molecular weight excluding hydrogens is 255 g/mol. The fourth-order valence-corrected chi connectivity index (χ4v) is 2.86. The molecule has 112 valence electrons. The number of nitrogens with zero attached hydrogens (tertiary/aromatic N) is 1. The van der Waals surface area contributed by atoms with Gasteiger partial charge in [-0.25, -0.2) is 4.39 Å². The van der Waals surface area contributed by atoms with E-state index < -0.39 is 0 Å². The Kier molecular flexibility index (Phi) is 5.38. The van der Waals surface area contributed by atoms with E-state index in [1.54, 1.807) is 6.07 Å². The minimum atomic E-state index is -0.144. The summed E-state index contributed by atoms with van der Waals surface area (Å²) in [5.74, 6) is 0.488. The summed E-state index contributed by atoms with van der Waals surface area (Å²) < 4.78 is 14.3. The highest BCUT2D eigenvalue weighted by Gasteiger charge is 2.19. The molecule has 2 atom stereocenters. The van der Waals surface area contributed by atoms with Gasteiger partial charge in [-0.1, -0.05) is 13.0 Å². The van der Waals surface area contributed by atoms with Gasteiger partial charge in [0, 0.05) is 25.7 Å². The number of hydrogen-bond acceptors (Lipinski definition) is 3. The smallest absolute Gasteiger partial charge is 0.146 e. The Balaban J connectivity index is 2.09. The molecule has 0 amide bonds. The molecule has 1 aliphatic heterocycles. The van der Waals surface area contributed by atoms with Gasteiger partial charge in [-0.2, -0.15) is 0 Å². The van der Waals surface area contributed by atoms with Crippen LogP contribution in [0.4, 0.5) is 10.1 Å². The molecule has 1 aliphatic rings. The lowest BCUT2D eigenvalue weighted by molar-refractivity contribution is 0.286. The summed E-state index contributed by atoms with van der Waals surface area (Å²) in [4.78, 5) is 2.15. The second-order valence-electron chi connectivity index (χ2n) is 5.80. The Hall–Kier alpha value is -1.13. The maximum atomic E-state index is 14.3. The van der Waals surface area contributed by atoms with Gasteiger partial charge in [0.2, 0.25) is 0 Å². The van der Waals surface area contributed by atoms with Crippen molar-refractivity contribution >= 4 is 5.69 Å². The van der Waals surface area contributed by atoms with Crippen molar-refractivity contribution in [1.29, 1.82) is 0 Å². The minimum Gasteiger partial charge on any atom is -0.395 e. The van der Waals surface area contributed by atoms with Crippen molar-refractivity contribution in [1.82, 2.24) is 5.32 Å². The van der Waals surface area contributed by atoms with Crippen LogP contribution in [0.1, 0.15) is 38.3 Å². The molecule has 1 aromatic carbocycles. The van der Waals surface area contributed by atoms with Gasteiger partial charge in [-0.15, -0.1) is 0 Å². The summed E-state index contributed by atoms with van der Waals surface area (Å²) in [5, 5.41) is 12.0. The Morgan fingerprint density at radius 3 is 2.95 bits per heavy atom. The molecule has 2 rings (SSSR count). The van der Waals surface area contributed by atoms with E-state index in [4.69, 9.17) is 5.11 Å². The lowest BCUT2D eigenvalue weighted by Gasteiger charge is -2.33. The summed E-state index contributed by atoms with van der Waals surface area (Å²) in [7, 11) is 0. The molecule has 4 heteroatoms. The first-order chi connectivity index (χ1) is 9.61. The molecule has 0 saturated carbocycles. The second kappa shape index (κ2) is 7.04. The second-order valence-corrected chi connectivity index (χ2v) is 5.80. The van der Waals surface area contributed by atoms with E-state index in [0.29, 0.717) is 12.5 Å². The van der Waals surface area contributed by atoms with E-state index in [-0.39, 0.29) is 18.5 Å². The van der Waals surface area contributed by atoms with Crippen molar-refractivity contribution in [3.8, 4) is 0 Å². The topological polar surface area (TPSA) is 35.5 Å². The number of rotatable bonds is 5. The molecule has 2 N–H and O–H groups in total. The number of benzene rings is 1. The molecule has 1 saturated heterocycles. The van der Waals surface area contributed by atoms with Crippen molar-refractivity contribution < 1.29 is 9.50 Å². The fraction of sp³-hybridized carbons (Fsp3) is 0.625. The van der Waals surface area contributed by atoms with Crippen LogP contribution < -0.4 is 10.2 Å². The Morgan fingerprint density at radius 2 is 2.30 bits per heavy atom. The van der Waals surface area contributed by atoms with E-state index in [9.17, 15) is 4.39 Å². The number of nitrogens with one attached hydrogen (secondary N) is 1. The van der Waals surface area contributed by atoms with Crippen LogP contribution in [0.3, 0.4) is 0 Å². The van der Waals surface area contributed by atoms with Crippen LogP contribution >= 0.6 is 0 Å². The number of aliphatic hydroxyl groups excluding tert-OH is 1. The zero-order chi connectivity index (χ0) is 14.5. The highest BCUT2D eigenvalue weighted by atomic mass is 19.1. The predicted octanol–water partition coefficient (Wildman–Crippen LogP) is 2.70. The van der Waals surface area contributed by atoms with E-state index in [0.717, 1.165) is 30.8 Å². The normalized spacial score (nSPS) is 21.0. The number of anilines is 1. The van der Waals surface area contributed by atoms with E-state index >= 15 is 0 Å². The fourth-order valence-electron chi connectivity index (χ4n) is 2.86. The van der Waals surface area contributed by atoms with Gasteiger partial charge in [0.05, 0.1) is 12.3 Å². The quantitative estimate of drug-likeness (QED) is 0.870. The molecule has 0 aliphatic carbocycles. The van der Waals surface area contributed by atoms with Crippen molar-refractivity contribution in [3.05, 3.63) is 29.6 Å². The molecule has 1 fully saturated rings. The van der Waals surface area contributed by atoms with Crippen LogP contribution in [-0.4, -0.2) is 31.3 Å². The Labute approximate surface area is 120 Å². The minimum absolute atomic E-state index is 0.0472. The first kappa shape index (κ1) is 15.3. The number of piperidine rings is 1. The molecule has 0 spiro atoms. The van der Waals surface area contributed by atoms with Gasteiger partial charge in [0.25, 0.3) is 0 Å². The number of aliphatic hydroxyl groups is 1. The molecular formula is C16H25FN2O. The average molecular weight is 280 g/mol. The zero-order valence-electron chi connectivity index (χ0n) is 12.4. The SMILES string of the molecule is C[C@@H]1CCCN(c2ccc([C@@H](C)NCCO)cc2F)C1. The van der Waals surface area contributed by atoms with Crippen molar-refractivity contribution in [2.24, 2.45) is 5.92 Å². The van der Waals surface area contributed by atoms with Crippen molar-refractivity contribution in [3.63, 3.8) is 0 Å². The standard InChI is InChI=1S/C16H25FN2O/c1-12-4-3-8-19(11-12)16-6-5-14(10-15(16)17)13(2)18-7-9-20/h5-6,10,12-13,18,20H,3-4,7-9,11H2,1-2H3/t12-,13-/m1/s1. The first-order valence-corrected chi connectivity index (χ1v) is 7.50. The van der Waals surface area contributed by atoms with Gasteiger partial charge in [-0.05, 0) is 43.4 Å². The van der Waals surface area contributed by atoms with Crippen LogP contribution in [0, 0.1) is 11.7 Å². The van der Waals surface area contributed by atoms with Crippen LogP contribution in [0.15, 0.2) is 18.2 Å². The van der Waals surface area contributed by atoms with E-state index in [2.05, 4.69) is 17.1 Å². The van der Waals surface area contributed by atoms with Crippen molar-refractivity contribution in [2.45, 2.75) is 32.7 Å². The lowest BCUT2D eigenvalue weighted by Crippen LogP contribution is -2.34. The highest BCUT2D eigenvalue weighted by molar-refractivity contribution is 5.50. The predicted molar refractivity (Wildman–Crippen MR) is 80.5 cm³/mol. The van der Waals surface area contributed by atoms with Gasteiger partial charge in [0.15, 0.2) is 0 Å². The molecule has 0 aromatic heterocycles. The maximum absolute atomic E-state index is 14.3. The van der Waals surface area contributed by atoms with Crippen LogP contribution in [0.5, 0.6) is 0 Å². The first-order valence-electron chi connectivity index (χ1n) is 7.50. The van der Waals surface area contributed by atoms with E-state index in [1.165, 1.54) is 6.42 Å². The zero-order valence-corrected chi connectivity index (χ0v) is 12.4. The molecule has 3 nitrogen and oxygen atoms in total. The summed E-state index contributed by atoms with van der Waals surface area (Å²) in [6.07, 6.45) is 2.37. The third kappa shape index (κ3) is 3.70. The van der Waals surface area contributed by atoms with Crippen molar-refractivity contribution in [2.75, 3.05) is 31.1 Å². The van der Waals surface area contributed by atoms with E-state index in [1.807, 2.05) is 19.1 Å². The summed E-state index contributed by atoms with van der Waals surface area (Å²) >= 11 is 0. The highest BCUT2D eigenvalue weighted by Crippen LogP contribution is 2.27. The van der Waals surface area contributed by atoms with Crippen LogP contribution in [0.2, 0.25) is 0 Å². The third-order valence-corrected chi connectivity index (χ3v) is 4.03. The van der Waals surface area contributed by atoms with Crippen LogP contribution in [-0.2, 0) is 0 Å². The number of halogens is 1. The lowest BCUT2D eigenvalue weighted by atomic mass is 9.99. The summed E-state index contributed by atoms with van der Waals surface area (Å²) in [6.45, 7) is 6.70. The molecule has 0 radical (unpaired) electrons. The van der Waals surface area contributed by atoms with Gasteiger partial charge < -0.3 is 15.3 Å². The average Bonchev–Trinajstić information content (AvgIpc) is 2.44. The Bertz CT molecular complexity index is 438. The van der Waals surface area contributed by atoms with Gasteiger partial charge >= 0.3 is 0 Å². The van der Waals surface area contributed by atoms with Crippen LogP contribution in [0.25, 0.3) is 0 Å². The molecule has 1 aromatic rings. The summed E-state index contributed by atoms with van der Waals surface area (Å²) in [6, 6.07) is 5.53. The largest absolute Gasteiger partial charge is 0.395 e. The molecule has 0 bridgehead atoms. The number of hydrogen-bond donors (Lipinski definition) is 2. The maximum Gasteiger partial charge on any atom is 0.146 e. The van der Waals surface area contributed by atoms with Gasteiger partial charge in [-0.3, -0.25) is 0 Å². The summed E-state index contributed by atoms with van der Waals surface area (Å²) in [5.41, 5.74) is 1.64.